The molecule has 0 spiro atoms. The van der Waals surface area contributed by atoms with Crippen LogP contribution >= 0.6 is 11.6 Å². The number of carbonyl (C=O) groups is 1. The van der Waals surface area contributed by atoms with Crippen molar-refractivity contribution in [2.75, 3.05) is 13.6 Å². The van der Waals surface area contributed by atoms with E-state index < -0.39 is 0 Å². The first kappa shape index (κ1) is 10.5. The van der Waals surface area contributed by atoms with Crippen LogP contribution in [-0.4, -0.2) is 34.4 Å². The first-order valence-electron chi connectivity index (χ1n) is 3.81. The topological polar surface area (TPSA) is 46.1 Å². The van der Waals surface area contributed by atoms with Crippen molar-refractivity contribution in [1.82, 2.24) is 14.9 Å². The number of halogens is 1. The molecule has 0 saturated heterocycles. The number of carbonyl (C=O) groups excluding carboxylic acids is 1. The van der Waals surface area contributed by atoms with E-state index in [2.05, 4.69) is 15.9 Å². The van der Waals surface area contributed by atoms with Gasteiger partial charge in [-0.05, 0) is 0 Å². The lowest BCUT2D eigenvalue weighted by atomic mass is 10.4. The van der Waals surface area contributed by atoms with Crippen molar-refractivity contribution >= 4 is 17.5 Å². The molecule has 1 aromatic heterocycles. The van der Waals surface area contributed by atoms with Crippen LogP contribution < -0.4 is 0 Å². The Morgan fingerprint density at radius 1 is 1.64 bits per heavy atom. The van der Waals surface area contributed by atoms with Crippen molar-refractivity contribution in [3.63, 3.8) is 0 Å². The zero-order valence-electron chi connectivity index (χ0n) is 7.57. The maximum Gasteiger partial charge on any atom is 0.274 e. The smallest absolute Gasteiger partial charge is 0.274 e. The van der Waals surface area contributed by atoms with Crippen LogP contribution in [0.2, 0.25) is 5.15 Å². The highest BCUT2D eigenvalue weighted by molar-refractivity contribution is 6.29. The van der Waals surface area contributed by atoms with Crippen molar-refractivity contribution < 1.29 is 4.79 Å². The van der Waals surface area contributed by atoms with Crippen molar-refractivity contribution in [3.05, 3.63) is 23.2 Å². The van der Waals surface area contributed by atoms with Gasteiger partial charge >= 0.3 is 0 Å². The van der Waals surface area contributed by atoms with E-state index in [-0.39, 0.29) is 23.3 Å². The number of rotatable bonds is 2. The number of hydrogen-bond acceptors (Lipinski definition) is 3. The van der Waals surface area contributed by atoms with Gasteiger partial charge < -0.3 is 4.90 Å². The zero-order chi connectivity index (χ0) is 10.6. The fourth-order valence-electron chi connectivity index (χ4n) is 0.827. The van der Waals surface area contributed by atoms with E-state index in [0.29, 0.717) is 0 Å². The Kier molecular flexibility index (Phi) is 3.43. The summed E-state index contributed by atoms with van der Waals surface area (Å²) < 4.78 is 0. The second kappa shape index (κ2) is 4.58. The first-order valence-corrected chi connectivity index (χ1v) is 4.19. The van der Waals surface area contributed by atoms with Gasteiger partial charge in [0.05, 0.1) is 18.9 Å². The second-order valence-electron chi connectivity index (χ2n) is 2.59. The summed E-state index contributed by atoms with van der Waals surface area (Å²) in [6, 6.07) is 0. The van der Waals surface area contributed by atoms with E-state index in [9.17, 15) is 4.79 Å². The largest absolute Gasteiger partial charge is 0.329 e. The van der Waals surface area contributed by atoms with Crippen LogP contribution in [-0.2, 0) is 0 Å². The van der Waals surface area contributed by atoms with E-state index in [4.69, 9.17) is 18.0 Å². The van der Waals surface area contributed by atoms with E-state index in [1.165, 1.54) is 17.3 Å². The lowest BCUT2D eigenvalue weighted by Crippen LogP contribution is -2.27. The van der Waals surface area contributed by atoms with Crippen LogP contribution in [0.5, 0.6) is 0 Å². The third-order valence-electron chi connectivity index (χ3n) is 1.51. The van der Waals surface area contributed by atoms with Crippen molar-refractivity contribution in [1.29, 1.82) is 0 Å². The first-order chi connectivity index (χ1) is 6.65. The van der Waals surface area contributed by atoms with Gasteiger partial charge in [0.1, 0.15) is 10.8 Å². The molecule has 0 fully saturated rings. The number of nitrogens with zero attached hydrogens (tertiary/aromatic N) is 3. The molecule has 0 saturated carbocycles. The molecule has 0 unspecified atom stereocenters. The summed E-state index contributed by atoms with van der Waals surface area (Å²) in [5.41, 5.74) is 0.229. The molecule has 0 atom stereocenters. The van der Waals surface area contributed by atoms with Gasteiger partial charge in [0.25, 0.3) is 5.91 Å². The highest BCUT2D eigenvalue weighted by atomic mass is 35.5. The molecule has 0 aliphatic rings. The fraction of sp³-hybridized carbons (Fsp3) is 0.222. The number of terminal acetylenes is 1. The molecular weight excluding hydrogens is 202 g/mol. The third kappa shape index (κ3) is 2.44. The van der Waals surface area contributed by atoms with E-state index in [1.54, 1.807) is 7.05 Å². The molecule has 72 valence electrons. The summed E-state index contributed by atoms with van der Waals surface area (Å²) in [5, 5.41) is 0.251. The normalized spacial score (nSPS) is 9.21. The van der Waals surface area contributed by atoms with Crippen LogP contribution in [0.15, 0.2) is 12.4 Å². The highest BCUT2D eigenvalue weighted by Crippen LogP contribution is 2.03. The highest BCUT2D eigenvalue weighted by Gasteiger charge is 2.11. The van der Waals surface area contributed by atoms with Crippen molar-refractivity contribution in [2.45, 2.75) is 0 Å². The SMILES string of the molecule is C#CCN(C)C(=O)c1cnc(Cl)cn1. The molecule has 0 aromatic carbocycles. The molecule has 0 radical (unpaired) electrons. The maximum atomic E-state index is 11.5. The average Bonchev–Trinajstić information content (AvgIpc) is 2.18. The third-order valence-corrected chi connectivity index (χ3v) is 1.71. The minimum Gasteiger partial charge on any atom is -0.329 e. The van der Waals surface area contributed by atoms with Crippen molar-refractivity contribution in [3.8, 4) is 12.3 Å². The van der Waals surface area contributed by atoms with Gasteiger partial charge in [-0.1, -0.05) is 17.5 Å². The molecule has 4 nitrogen and oxygen atoms in total. The molecule has 1 amide bonds. The second-order valence-corrected chi connectivity index (χ2v) is 2.98. The van der Waals surface area contributed by atoms with Crippen LogP contribution in [0, 0.1) is 12.3 Å². The summed E-state index contributed by atoms with van der Waals surface area (Å²) in [4.78, 5) is 20.5. The lowest BCUT2D eigenvalue weighted by molar-refractivity contribution is 0.0806. The summed E-state index contributed by atoms with van der Waals surface area (Å²) in [6.07, 6.45) is 7.70. The molecule has 1 rings (SSSR count). The molecule has 5 heteroatoms. The Morgan fingerprint density at radius 2 is 2.36 bits per heavy atom. The van der Waals surface area contributed by atoms with Gasteiger partial charge in [-0.25, -0.2) is 9.97 Å². The molecular formula is C9H8ClN3O. The molecule has 0 aliphatic heterocycles. The van der Waals surface area contributed by atoms with E-state index in [0.717, 1.165) is 0 Å². The summed E-state index contributed by atoms with van der Waals surface area (Å²) in [5.74, 6) is 2.09. The summed E-state index contributed by atoms with van der Waals surface area (Å²) >= 11 is 5.53. The maximum absolute atomic E-state index is 11.5. The summed E-state index contributed by atoms with van der Waals surface area (Å²) in [7, 11) is 1.60. The number of hydrogen-bond donors (Lipinski definition) is 0. The van der Waals surface area contributed by atoms with Crippen LogP contribution in [0.25, 0.3) is 0 Å². The fourth-order valence-corrected chi connectivity index (χ4v) is 0.925. The Balaban J connectivity index is 2.80. The van der Waals surface area contributed by atoms with Gasteiger partial charge in [-0.2, -0.15) is 0 Å². The Morgan fingerprint density at radius 3 is 2.86 bits per heavy atom. The molecule has 0 bridgehead atoms. The van der Waals surface area contributed by atoms with Crippen LogP contribution in [0.1, 0.15) is 10.5 Å². The lowest BCUT2D eigenvalue weighted by Gasteiger charge is -2.12. The predicted octanol–water partition coefficient (Wildman–Crippen LogP) is 0.835. The Hall–Kier alpha value is -1.60. The van der Waals surface area contributed by atoms with Gasteiger partial charge in [0.2, 0.25) is 0 Å². The molecule has 1 aromatic rings. The van der Waals surface area contributed by atoms with Gasteiger partial charge in [-0.3, -0.25) is 4.79 Å². The van der Waals surface area contributed by atoms with Crippen LogP contribution in [0.4, 0.5) is 0 Å². The Bertz CT molecular complexity index is 369. The molecule has 0 aliphatic carbocycles. The quantitative estimate of drug-likeness (QED) is 0.678. The van der Waals surface area contributed by atoms with Gasteiger partial charge in [0, 0.05) is 7.05 Å². The number of amides is 1. The van der Waals surface area contributed by atoms with E-state index >= 15 is 0 Å². The molecule has 14 heavy (non-hydrogen) atoms. The van der Waals surface area contributed by atoms with E-state index in [1.807, 2.05) is 0 Å². The standard InChI is InChI=1S/C9H8ClN3O/c1-3-4-13(2)9(14)7-5-12-8(10)6-11-7/h1,5-6H,4H2,2H3. The summed E-state index contributed by atoms with van der Waals surface area (Å²) in [6.45, 7) is 0.239. The number of aromatic nitrogens is 2. The van der Waals surface area contributed by atoms with Gasteiger partial charge in [-0.15, -0.1) is 6.42 Å². The zero-order valence-corrected chi connectivity index (χ0v) is 8.32. The Labute approximate surface area is 86.9 Å². The monoisotopic (exact) mass is 209 g/mol. The van der Waals surface area contributed by atoms with Crippen molar-refractivity contribution in [2.24, 2.45) is 0 Å². The minimum absolute atomic E-state index is 0.229. The molecule has 1 heterocycles. The minimum atomic E-state index is -0.271. The van der Waals surface area contributed by atoms with Gasteiger partial charge in [0.15, 0.2) is 0 Å². The average molecular weight is 210 g/mol. The predicted molar refractivity (Wildman–Crippen MR) is 52.8 cm³/mol. The van der Waals surface area contributed by atoms with Crippen LogP contribution in [0.3, 0.4) is 0 Å². The molecule has 0 N–H and O–H groups in total.